The molecule has 0 unspecified atom stereocenters. The van der Waals surface area contributed by atoms with E-state index in [0.717, 1.165) is 53.5 Å². The van der Waals surface area contributed by atoms with Crippen LogP contribution in [0.3, 0.4) is 0 Å². The highest BCUT2D eigenvalue weighted by Gasteiger charge is 2.21. The van der Waals surface area contributed by atoms with E-state index in [1.807, 2.05) is 30.3 Å². The Morgan fingerprint density at radius 2 is 1.23 bits per heavy atom. The van der Waals surface area contributed by atoms with Gasteiger partial charge in [-0.15, -0.1) is 0 Å². The molecule has 2 heteroatoms. The predicted octanol–water partition coefficient (Wildman–Crippen LogP) is 9.19. The zero-order chi connectivity index (χ0) is 24.5. The van der Waals surface area contributed by atoms with E-state index >= 15 is 0 Å². The van der Waals surface area contributed by atoms with Crippen LogP contribution in [0.4, 0.5) is 5.69 Å². The maximum absolute atomic E-state index is 14.0. The molecule has 0 aromatic heterocycles. The quantitative estimate of drug-likeness (QED) is 0.111. The monoisotopic (exact) mass is 465 g/mol. The van der Waals surface area contributed by atoms with Crippen LogP contribution in [0.2, 0.25) is 0 Å². The minimum Gasteiger partial charge on any atom is -0.371 e. The van der Waals surface area contributed by atoms with Crippen LogP contribution in [-0.2, 0) is 0 Å². The summed E-state index contributed by atoms with van der Waals surface area (Å²) in [4.78, 5) is 16.5. The molecule has 4 rings (SSSR count). The van der Waals surface area contributed by atoms with Crippen molar-refractivity contribution in [2.45, 2.75) is 65.2 Å². The molecule has 4 aromatic carbocycles. The third-order valence-corrected chi connectivity index (χ3v) is 7.03. The standard InChI is InChI=1S/C33H39NO/c1-3-5-7-14-22-34(23-15-8-6-4-2)31-21-20-29-24-27-18-12-13-19-28(27)25-30(29)32(31)33(35)26-16-10-9-11-17-26/h9-13,16-21,24-25H,3-8,14-15,22-23H2,1-2H3. The summed E-state index contributed by atoms with van der Waals surface area (Å²) < 4.78 is 0. The maximum atomic E-state index is 14.0. The zero-order valence-electron chi connectivity index (χ0n) is 21.4. The third-order valence-electron chi connectivity index (χ3n) is 7.03. The normalized spacial score (nSPS) is 11.3. The summed E-state index contributed by atoms with van der Waals surface area (Å²) >= 11 is 0. The molecular formula is C33H39NO. The van der Waals surface area contributed by atoms with Crippen molar-refractivity contribution in [3.63, 3.8) is 0 Å². The summed E-state index contributed by atoms with van der Waals surface area (Å²) in [7, 11) is 0. The number of carbonyl (C=O) groups excluding carboxylic acids is 1. The SMILES string of the molecule is CCCCCCN(CCCCCC)c1ccc2cc3ccccc3cc2c1C(=O)c1ccccc1. The van der Waals surface area contributed by atoms with Gasteiger partial charge in [0.25, 0.3) is 0 Å². The first-order valence-electron chi connectivity index (χ1n) is 13.5. The van der Waals surface area contributed by atoms with Crippen LogP contribution < -0.4 is 4.90 Å². The van der Waals surface area contributed by atoms with Crippen LogP contribution in [0, 0.1) is 0 Å². The first-order valence-corrected chi connectivity index (χ1v) is 13.5. The Labute approximate surface area is 211 Å². The van der Waals surface area contributed by atoms with E-state index in [-0.39, 0.29) is 5.78 Å². The van der Waals surface area contributed by atoms with Gasteiger partial charge in [-0.05, 0) is 52.6 Å². The Bertz CT molecular complexity index is 1230. The van der Waals surface area contributed by atoms with Crippen molar-refractivity contribution in [3.8, 4) is 0 Å². The molecule has 182 valence electrons. The molecule has 0 saturated heterocycles. The van der Waals surface area contributed by atoms with Gasteiger partial charge in [-0.25, -0.2) is 0 Å². The van der Waals surface area contributed by atoms with Crippen LogP contribution in [-0.4, -0.2) is 18.9 Å². The molecule has 0 aliphatic rings. The Hall–Kier alpha value is -3.13. The molecule has 2 nitrogen and oxygen atoms in total. The van der Waals surface area contributed by atoms with Gasteiger partial charge < -0.3 is 4.90 Å². The van der Waals surface area contributed by atoms with Crippen molar-refractivity contribution in [1.29, 1.82) is 0 Å². The largest absolute Gasteiger partial charge is 0.371 e. The van der Waals surface area contributed by atoms with Crippen LogP contribution >= 0.6 is 0 Å². The number of hydrogen-bond acceptors (Lipinski definition) is 2. The minimum absolute atomic E-state index is 0.119. The van der Waals surface area contributed by atoms with Crippen molar-refractivity contribution in [2.75, 3.05) is 18.0 Å². The highest BCUT2D eigenvalue weighted by Crippen LogP contribution is 2.34. The van der Waals surface area contributed by atoms with Crippen molar-refractivity contribution < 1.29 is 4.79 Å². The smallest absolute Gasteiger partial charge is 0.195 e. The van der Waals surface area contributed by atoms with E-state index in [1.165, 1.54) is 49.3 Å². The predicted molar refractivity (Wildman–Crippen MR) is 152 cm³/mol. The zero-order valence-corrected chi connectivity index (χ0v) is 21.4. The fraction of sp³-hybridized carbons (Fsp3) is 0.364. The molecule has 0 radical (unpaired) electrons. The number of ketones is 1. The van der Waals surface area contributed by atoms with Crippen molar-refractivity contribution in [2.24, 2.45) is 0 Å². The maximum Gasteiger partial charge on any atom is 0.195 e. The summed E-state index contributed by atoms with van der Waals surface area (Å²) in [6.07, 6.45) is 9.80. The molecule has 0 spiro atoms. The van der Waals surface area contributed by atoms with Gasteiger partial charge in [0, 0.05) is 24.3 Å². The van der Waals surface area contributed by atoms with Gasteiger partial charge in [0.15, 0.2) is 5.78 Å². The number of rotatable bonds is 13. The molecule has 0 aliphatic carbocycles. The number of anilines is 1. The van der Waals surface area contributed by atoms with Gasteiger partial charge >= 0.3 is 0 Å². The summed E-state index contributed by atoms with van der Waals surface area (Å²) in [5.74, 6) is 0.119. The fourth-order valence-corrected chi connectivity index (χ4v) is 5.05. The molecule has 0 fully saturated rings. The fourth-order valence-electron chi connectivity index (χ4n) is 5.05. The van der Waals surface area contributed by atoms with Gasteiger partial charge in [-0.2, -0.15) is 0 Å². The summed E-state index contributed by atoms with van der Waals surface area (Å²) in [5, 5.41) is 4.57. The Morgan fingerprint density at radius 3 is 1.86 bits per heavy atom. The summed E-state index contributed by atoms with van der Waals surface area (Å²) in [5.41, 5.74) is 2.70. The number of fused-ring (bicyclic) bond motifs is 2. The molecule has 0 N–H and O–H groups in total. The van der Waals surface area contributed by atoms with E-state index in [9.17, 15) is 4.79 Å². The summed E-state index contributed by atoms with van der Waals surface area (Å²) in [6, 6.07) is 27.1. The van der Waals surface area contributed by atoms with Crippen LogP contribution in [0.5, 0.6) is 0 Å². The van der Waals surface area contributed by atoms with Gasteiger partial charge in [0.2, 0.25) is 0 Å². The lowest BCUT2D eigenvalue weighted by molar-refractivity contribution is 0.104. The highest BCUT2D eigenvalue weighted by atomic mass is 16.1. The Morgan fingerprint density at radius 1 is 0.629 bits per heavy atom. The van der Waals surface area contributed by atoms with Crippen molar-refractivity contribution in [3.05, 3.63) is 90.0 Å². The minimum atomic E-state index is 0.119. The molecule has 0 aliphatic heterocycles. The first kappa shape index (κ1) is 25.0. The second-order valence-corrected chi connectivity index (χ2v) is 9.68. The molecular weight excluding hydrogens is 426 g/mol. The topological polar surface area (TPSA) is 20.3 Å². The van der Waals surface area contributed by atoms with Crippen LogP contribution in [0.15, 0.2) is 78.9 Å². The average Bonchev–Trinajstić information content (AvgIpc) is 2.90. The number of carbonyl (C=O) groups is 1. The molecule has 4 aromatic rings. The van der Waals surface area contributed by atoms with Gasteiger partial charge in [0.05, 0.1) is 5.56 Å². The van der Waals surface area contributed by atoms with Gasteiger partial charge in [0.1, 0.15) is 0 Å². The number of nitrogens with zero attached hydrogens (tertiary/aromatic N) is 1. The van der Waals surface area contributed by atoms with E-state index in [0.29, 0.717) is 0 Å². The van der Waals surface area contributed by atoms with Crippen LogP contribution in [0.25, 0.3) is 21.5 Å². The average molecular weight is 466 g/mol. The van der Waals surface area contributed by atoms with E-state index in [4.69, 9.17) is 0 Å². The van der Waals surface area contributed by atoms with Crippen LogP contribution in [0.1, 0.15) is 81.1 Å². The number of unbranched alkanes of at least 4 members (excludes halogenated alkanes) is 6. The molecule has 35 heavy (non-hydrogen) atoms. The second-order valence-electron chi connectivity index (χ2n) is 9.68. The second kappa shape index (κ2) is 12.5. The van der Waals surface area contributed by atoms with Crippen molar-refractivity contribution in [1.82, 2.24) is 0 Å². The highest BCUT2D eigenvalue weighted by molar-refractivity contribution is 6.21. The molecule has 0 saturated carbocycles. The van der Waals surface area contributed by atoms with Crippen molar-refractivity contribution >= 4 is 33.0 Å². The third kappa shape index (κ3) is 6.11. The van der Waals surface area contributed by atoms with Gasteiger partial charge in [-0.1, -0.05) is 113 Å². The number of benzene rings is 4. The lowest BCUT2D eigenvalue weighted by Gasteiger charge is -2.28. The van der Waals surface area contributed by atoms with E-state index in [2.05, 4.69) is 67.3 Å². The molecule has 0 heterocycles. The van der Waals surface area contributed by atoms with E-state index < -0.39 is 0 Å². The lowest BCUT2D eigenvalue weighted by atomic mass is 9.92. The number of hydrogen-bond donors (Lipinski definition) is 0. The molecule has 0 bridgehead atoms. The van der Waals surface area contributed by atoms with E-state index in [1.54, 1.807) is 0 Å². The van der Waals surface area contributed by atoms with Gasteiger partial charge in [-0.3, -0.25) is 4.79 Å². The Balaban J connectivity index is 1.82. The molecule has 0 amide bonds. The Kier molecular flexibility index (Phi) is 8.95. The lowest BCUT2D eigenvalue weighted by Crippen LogP contribution is -2.28. The summed E-state index contributed by atoms with van der Waals surface area (Å²) in [6.45, 7) is 6.51. The molecule has 0 atom stereocenters. The first-order chi connectivity index (χ1) is 17.2.